The number of aliphatic hydroxyl groups excluding tert-OH is 3. The van der Waals surface area contributed by atoms with Gasteiger partial charge in [0.2, 0.25) is 5.91 Å². The summed E-state index contributed by atoms with van der Waals surface area (Å²) in [5.41, 5.74) is 7.65. The van der Waals surface area contributed by atoms with E-state index in [2.05, 4.69) is 5.43 Å². The highest BCUT2D eigenvalue weighted by molar-refractivity contribution is 5.75. The number of nitrogens with zero attached hydrogens (tertiary/aromatic N) is 1. The molecule has 1 amide bonds. The minimum Gasteiger partial charge on any atom is -0.395 e. The first-order valence-corrected chi connectivity index (χ1v) is 4.31. The molecule has 7 heteroatoms. The van der Waals surface area contributed by atoms with Gasteiger partial charge in [-0.2, -0.15) is 0 Å². The van der Waals surface area contributed by atoms with Crippen LogP contribution in [0.2, 0.25) is 0 Å². The van der Waals surface area contributed by atoms with E-state index in [1.54, 1.807) is 0 Å². The normalized spacial score (nSPS) is 34.4. The summed E-state index contributed by atoms with van der Waals surface area (Å²) in [5.74, 6) is -0.544. The van der Waals surface area contributed by atoms with Crippen LogP contribution in [-0.4, -0.2) is 64.2 Å². The smallest absolute Gasteiger partial charge is 0.233 e. The van der Waals surface area contributed by atoms with E-state index < -0.39 is 24.2 Å². The van der Waals surface area contributed by atoms with Gasteiger partial charge in [0.05, 0.1) is 25.3 Å². The zero-order valence-electron chi connectivity index (χ0n) is 7.63. The van der Waals surface area contributed by atoms with E-state index in [0.717, 1.165) is 0 Å². The van der Waals surface area contributed by atoms with Crippen molar-refractivity contribution in [1.82, 2.24) is 10.4 Å². The van der Waals surface area contributed by atoms with Gasteiger partial charge in [0, 0.05) is 6.54 Å². The highest BCUT2D eigenvalue weighted by Gasteiger charge is 2.34. The topological polar surface area (TPSA) is 119 Å². The quantitative estimate of drug-likeness (QED) is 0.324. The first-order chi connectivity index (χ1) is 6.54. The predicted octanol–water partition coefficient (Wildman–Crippen LogP) is -3.63. The minimum atomic E-state index is -1.04. The number of aliphatic hydroxyl groups is 3. The Balaban J connectivity index is 2.53. The van der Waals surface area contributed by atoms with E-state index in [1.807, 2.05) is 0 Å². The molecule has 1 fully saturated rings. The number of hydrazine groups is 1. The number of amides is 1. The van der Waals surface area contributed by atoms with Gasteiger partial charge in [0.15, 0.2) is 0 Å². The van der Waals surface area contributed by atoms with Crippen LogP contribution in [0.5, 0.6) is 0 Å². The molecule has 7 nitrogen and oxygen atoms in total. The SMILES string of the molecule is NC(=O)CN1CC(O)C(O)C(CO)N1. The number of β-amino-alcohol motifs (C(OH)–C–C–N with tert-alkyl or cyclic N) is 1. The molecular formula is C7H15N3O4. The molecule has 1 rings (SSSR count). The predicted molar refractivity (Wildman–Crippen MR) is 46.8 cm³/mol. The van der Waals surface area contributed by atoms with Crippen LogP contribution in [0.4, 0.5) is 0 Å². The van der Waals surface area contributed by atoms with Crippen molar-refractivity contribution in [3.8, 4) is 0 Å². The molecule has 14 heavy (non-hydrogen) atoms. The van der Waals surface area contributed by atoms with E-state index in [0.29, 0.717) is 0 Å². The Hall–Kier alpha value is -0.730. The Morgan fingerprint density at radius 2 is 2.21 bits per heavy atom. The lowest BCUT2D eigenvalue weighted by atomic mass is 10.0. The van der Waals surface area contributed by atoms with Crippen LogP contribution < -0.4 is 11.2 Å². The lowest BCUT2D eigenvalue weighted by Gasteiger charge is -2.38. The molecule has 0 saturated carbocycles. The van der Waals surface area contributed by atoms with Gasteiger partial charge in [-0.25, -0.2) is 10.4 Å². The maximum Gasteiger partial charge on any atom is 0.233 e. The number of nitrogens with one attached hydrogen (secondary N) is 1. The first kappa shape index (κ1) is 11.3. The van der Waals surface area contributed by atoms with Gasteiger partial charge in [0.25, 0.3) is 0 Å². The Kier molecular flexibility index (Phi) is 3.78. The zero-order chi connectivity index (χ0) is 10.7. The molecule has 0 aromatic heterocycles. The van der Waals surface area contributed by atoms with Crippen molar-refractivity contribution in [2.75, 3.05) is 19.7 Å². The standard InChI is InChI=1S/C7H15N3O4/c8-6(13)2-10-1-5(12)7(14)4(3-11)9-10/h4-5,7,9,11-12,14H,1-3H2,(H2,8,13). The summed E-state index contributed by atoms with van der Waals surface area (Å²) in [4.78, 5) is 10.6. The van der Waals surface area contributed by atoms with Crippen LogP contribution in [-0.2, 0) is 4.79 Å². The summed E-state index contributed by atoms with van der Waals surface area (Å²) >= 11 is 0. The molecule has 0 aliphatic carbocycles. The van der Waals surface area contributed by atoms with Crippen molar-refractivity contribution in [3.05, 3.63) is 0 Å². The lowest BCUT2D eigenvalue weighted by molar-refractivity contribution is -0.127. The molecule has 0 spiro atoms. The molecule has 3 atom stereocenters. The summed E-state index contributed by atoms with van der Waals surface area (Å²) in [5, 5.41) is 29.0. The molecular weight excluding hydrogens is 190 g/mol. The summed E-state index contributed by atoms with van der Waals surface area (Å²) in [6.45, 7) is -0.297. The molecule has 0 aromatic rings. The molecule has 0 aromatic carbocycles. The third kappa shape index (κ3) is 2.63. The van der Waals surface area contributed by atoms with Crippen molar-refractivity contribution in [2.24, 2.45) is 5.73 Å². The van der Waals surface area contributed by atoms with Gasteiger partial charge in [0.1, 0.15) is 6.10 Å². The van der Waals surface area contributed by atoms with Crippen LogP contribution in [0.25, 0.3) is 0 Å². The number of carbonyl (C=O) groups is 1. The first-order valence-electron chi connectivity index (χ1n) is 4.31. The van der Waals surface area contributed by atoms with Gasteiger partial charge in [-0.3, -0.25) is 4.79 Å². The Morgan fingerprint density at radius 1 is 1.57 bits per heavy atom. The molecule has 3 unspecified atom stereocenters. The number of carbonyl (C=O) groups excluding carboxylic acids is 1. The molecule has 6 N–H and O–H groups in total. The van der Waals surface area contributed by atoms with Gasteiger partial charge < -0.3 is 21.1 Å². The van der Waals surface area contributed by atoms with Crippen LogP contribution in [0, 0.1) is 0 Å². The summed E-state index contributed by atoms with van der Waals surface area (Å²) in [6.07, 6.45) is -2.03. The van der Waals surface area contributed by atoms with Crippen molar-refractivity contribution in [3.63, 3.8) is 0 Å². The molecule has 1 aliphatic rings. The largest absolute Gasteiger partial charge is 0.395 e. The summed E-state index contributed by atoms with van der Waals surface area (Å²) in [7, 11) is 0. The van der Waals surface area contributed by atoms with E-state index in [9.17, 15) is 15.0 Å². The fourth-order valence-corrected chi connectivity index (χ4v) is 1.41. The monoisotopic (exact) mass is 205 g/mol. The fraction of sp³-hybridized carbons (Fsp3) is 0.857. The van der Waals surface area contributed by atoms with Crippen LogP contribution >= 0.6 is 0 Å². The van der Waals surface area contributed by atoms with Gasteiger partial charge in [-0.15, -0.1) is 0 Å². The van der Waals surface area contributed by atoms with Crippen molar-refractivity contribution < 1.29 is 20.1 Å². The highest BCUT2D eigenvalue weighted by Crippen LogP contribution is 2.08. The van der Waals surface area contributed by atoms with E-state index in [-0.39, 0.29) is 19.7 Å². The van der Waals surface area contributed by atoms with Crippen molar-refractivity contribution >= 4 is 5.91 Å². The molecule has 1 aliphatic heterocycles. The lowest BCUT2D eigenvalue weighted by Crippen LogP contribution is -2.64. The molecule has 1 saturated heterocycles. The fourth-order valence-electron chi connectivity index (χ4n) is 1.41. The molecule has 0 radical (unpaired) electrons. The third-order valence-electron chi connectivity index (χ3n) is 2.11. The van der Waals surface area contributed by atoms with Crippen molar-refractivity contribution in [1.29, 1.82) is 0 Å². The van der Waals surface area contributed by atoms with E-state index >= 15 is 0 Å². The maximum atomic E-state index is 10.6. The second-order valence-corrected chi connectivity index (χ2v) is 3.32. The van der Waals surface area contributed by atoms with Crippen LogP contribution in [0.15, 0.2) is 0 Å². The van der Waals surface area contributed by atoms with Gasteiger partial charge >= 0.3 is 0 Å². The molecule has 1 heterocycles. The number of hydrogen-bond donors (Lipinski definition) is 5. The number of rotatable bonds is 3. The summed E-state index contributed by atoms with van der Waals surface area (Å²) < 4.78 is 0. The second kappa shape index (κ2) is 4.67. The maximum absolute atomic E-state index is 10.6. The van der Waals surface area contributed by atoms with E-state index in [1.165, 1.54) is 5.01 Å². The minimum absolute atomic E-state index is 0.0692. The average molecular weight is 205 g/mol. The Labute approximate surface area is 81.1 Å². The third-order valence-corrected chi connectivity index (χ3v) is 2.11. The van der Waals surface area contributed by atoms with E-state index in [4.69, 9.17) is 10.8 Å². The number of nitrogens with two attached hydrogens (primary N) is 1. The average Bonchev–Trinajstić information content (AvgIpc) is 2.10. The highest BCUT2D eigenvalue weighted by atomic mass is 16.3. The molecule has 0 bridgehead atoms. The van der Waals surface area contributed by atoms with Crippen molar-refractivity contribution in [2.45, 2.75) is 18.2 Å². The Morgan fingerprint density at radius 3 is 2.71 bits per heavy atom. The second-order valence-electron chi connectivity index (χ2n) is 3.32. The molecule has 82 valence electrons. The zero-order valence-corrected chi connectivity index (χ0v) is 7.63. The van der Waals surface area contributed by atoms with Crippen LogP contribution in [0.3, 0.4) is 0 Å². The summed E-state index contributed by atoms with van der Waals surface area (Å²) in [6, 6.07) is -0.668. The van der Waals surface area contributed by atoms with Crippen LogP contribution in [0.1, 0.15) is 0 Å². The van der Waals surface area contributed by atoms with Gasteiger partial charge in [-0.05, 0) is 0 Å². The Bertz CT molecular complexity index is 213. The number of primary amides is 1. The van der Waals surface area contributed by atoms with Gasteiger partial charge in [-0.1, -0.05) is 0 Å². The number of hydrogen-bond acceptors (Lipinski definition) is 6.